The van der Waals surface area contributed by atoms with Crippen molar-refractivity contribution in [3.05, 3.63) is 79.2 Å². The third-order valence-corrected chi connectivity index (χ3v) is 5.21. The van der Waals surface area contributed by atoms with Gasteiger partial charge in [0.05, 0.1) is 4.90 Å². The molecule has 0 bridgehead atoms. The summed E-state index contributed by atoms with van der Waals surface area (Å²) in [7, 11) is -3.65. The summed E-state index contributed by atoms with van der Waals surface area (Å²) in [5, 5.41) is 0.757. The molecule has 1 aromatic carbocycles. The summed E-state index contributed by atoms with van der Waals surface area (Å²) >= 11 is 0. The van der Waals surface area contributed by atoms with E-state index in [2.05, 4.69) is 11.6 Å². The van der Waals surface area contributed by atoms with Crippen LogP contribution in [0.5, 0.6) is 0 Å². The molecule has 0 aliphatic carbocycles. The molecule has 0 fully saturated rings. The van der Waals surface area contributed by atoms with Gasteiger partial charge in [-0.25, -0.2) is 17.4 Å². The number of pyridine rings is 1. The Kier molecular flexibility index (Phi) is 3.88. The van der Waals surface area contributed by atoms with E-state index in [0.717, 1.165) is 16.5 Å². The lowest BCUT2D eigenvalue weighted by molar-refractivity contribution is 0.589. The Labute approximate surface area is 135 Å². The summed E-state index contributed by atoms with van der Waals surface area (Å²) in [5.74, 6) is 0. The van der Waals surface area contributed by atoms with Crippen LogP contribution in [-0.4, -0.2) is 17.4 Å². The monoisotopic (exact) mass is 324 g/mol. The van der Waals surface area contributed by atoms with Gasteiger partial charge < -0.3 is 0 Å². The summed E-state index contributed by atoms with van der Waals surface area (Å²) in [5.41, 5.74) is 2.11. The van der Waals surface area contributed by atoms with Gasteiger partial charge in [-0.15, -0.1) is 0 Å². The van der Waals surface area contributed by atoms with Crippen molar-refractivity contribution in [3.63, 3.8) is 0 Å². The first-order chi connectivity index (χ1) is 11.0. The Hall–Kier alpha value is -2.66. The molecule has 0 radical (unpaired) electrons. The highest BCUT2D eigenvalue weighted by Crippen LogP contribution is 2.23. The number of aromatic nitrogens is 2. The minimum atomic E-state index is -3.65. The van der Waals surface area contributed by atoms with E-state index in [0.29, 0.717) is 5.65 Å². The smallest absolute Gasteiger partial charge is 0.237 e. The maximum absolute atomic E-state index is 12.7. The number of rotatable bonds is 4. The molecule has 2 aromatic heterocycles. The fourth-order valence-electron chi connectivity index (χ4n) is 2.37. The van der Waals surface area contributed by atoms with Crippen LogP contribution in [0.2, 0.25) is 0 Å². The van der Waals surface area contributed by atoms with Gasteiger partial charge in [0.1, 0.15) is 0 Å². The highest BCUT2D eigenvalue weighted by atomic mass is 32.2. The van der Waals surface area contributed by atoms with E-state index in [9.17, 15) is 8.42 Å². The summed E-state index contributed by atoms with van der Waals surface area (Å²) < 4.78 is 26.7. The molecule has 0 unspecified atom stereocenters. The number of allylic oxidation sites excluding steroid dienone is 3. The van der Waals surface area contributed by atoms with Crippen LogP contribution < -0.4 is 0 Å². The first kappa shape index (κ1) is 15.2. The van der Waals surface area contributed by atoms with E-state index >= 15 is 0 Å². The van der Waals surface area contributed by atoms with E-state index < -0.39 is 10.0 Å². The molecule has 0 atom stereocenters. The number of hydrogen-bond donors (Lipinski definition) is 0. The lowest BCUT2D eigenvalue weighted by Crippen LogP contribution is -2.12. The summed E-state index contributed by atoms with van der Waals surface area (Å²) in [6.07, 6.45) is 6.96. The van der Waals surface area contributed by atoms with Crippen LogP contribution in [0.25, 0.3) is 16.6 Å². The molecule has 3 rings (SSSR count). The number of fused-ring (bicyclic) bond motifs is 1. The van der Waals surface area contributed by atoms with Crippen LogP contribution in [-0.2, 0) is 10.0 Å². The average Bonchev–Trinajstić information content (AvgIpc) is 2.99. The molecule has 0 aliphatic rings. The third-order valence-electron chi connectivity index (χ3n) is 3.53. The zero-order chi connectivity index (χ0) is 16.4. The van der Waals surface area contributed by atoms with Crippen molar-refractivity contribution in [1.82, 2.24) is 8.96 Å². The number of hydrogen-bond acceptors (Lipinski definition) is 3. The lowest BCUT2D eigenvalue weighted by Gasteiger charge is -2.07. The molecule has 2 heterocycles. The van der Waals surface area contributed by atoms with Crippen molar-refractivity contribution in [2.75, 3.05) is 0 Å². The number of nitrogens with zero attached hydrogens (tertiary/aromatic N) is 2. The van der Waals surface area contributed by atoms with Crippen LogP contribution in [0.1, 0.15) is 12.5 Å². The Morgan fingerprint density at radius 1 is 1.22 bits per heavy atom. The standard InChI is InChI=1S/C18H16N2O2S/c1-3-7-14(2)16-12-15-10-11-20(18(15)19-13-16)23(21,22)17-8-5-4-6-9-17/h3-13H,2H2,1H3/b7-3-. The summed E-state index contributed by atoms with van der Waals surface area (Å²) in [6.45, 7) is 5.89. The SMILES string of the molecule is C=C(/C=C\C)c1cnc2c(ccn2S(=O)(=O)c2ccccc2)c1. The predicted octanol–water partition coefficient (Wildman–Crippen LogP) is 3.86. The molecule has 0 saturated carbocycles. The maximum Gasteiger partial charge on any atom is 0.269 e. The van der Waals surface area contributed by atoms with Crippen LogP contribution >= 0.6 is 0 Å². The quantitative estimate of drug-likeness (QED) is 0.685. The van der Waals surface area contributed by atoms with Crippen LogP contribution in [0.3, 0.4) is 0 Å². The van der Waals surface area contributed by atoms with Crippen LogP contribution in [0.15, 0.2) is 78.5 Å². The van der Waals surface area contributed by atoms with Crippen molar-refractivity contribution in [2.45, 2.75) is 11.8 Å². The minimum Gasteiger partial charge on any atom is -0.237 e. The van der Waals surface area contributed by atoms with Gasteiger partial charge in [-0.3, -0.25) is 0 Å². The summed E-state index contributed by atoms with van der Waals surface area (Å²) in [6, 6.07) is 12.0. The minimum absolute atomic E-state index is 0.238. The molecule has 5 heteroatoms. The van der Waals surface area contributed by atoms with Gasteiger partial charge in [-0.05, 0) is 36.8 Å². The average molecular weight is 324 g/mol. The molecule has 3 aromatic rings. The first-order valence-electron chi connectivity index (χ1n) is 7.14. The molecule has 0 amide bonds. The highest BCUT2D eigenvalue weighted by molar-refractivity contribution is 7.90. The second-order valence-electron chi connectivity index (χ2n) is 5.09. The van der Waals surface area contributed by atoms with E-state index in [4.69, 9.17) is 0 Å². The normalized spacial score (nSPS) is 12.0. The van der Waals surface area contributed by atoms with Crippen molar-refractivity contribution < 1.29 is 8.42 Å². The molecule has 0 N–H and O–H groups in total. The summed E-state index contributed by atoms with van der Waals surface area (Å²) in [4.78, 5) is 4.56. The van der Waals surface area contributed by atoms with Crippen molar-refractivity contribution in [3.8, 4) is 0 Å². The maximum atomic E-state index is 12.7. The highest BCUT2D eigenvalue weighted by Gasteiger charge is 2.19. The molecule has 0 saturated heterocycles. The topological polar surface area (TPSA) is 52.0 Å². The van der Waals surface area contributed by atoms with Gasteiger partial charge in [0, 0.05) is 23.3 Å². The Bertz CT molecular complexity index is 1000. The molecule has 0 spiro atoms. The molecular weight excluding hydrogens is 308 g/mol. The van der Waals surface area contributed by atoms with Gasteiger partial charge in [-0.1, -0.05) is 36.9 Å². The van der Waals surface area contributed by atoms with E-state index in [-0.39, 0.29) is 4.90 Å². The Morgan fingerprint density at radius 2 is 1.96 bits per heavy atom. The van der Waals surface area contributed by atoms with Gasteiger partial charge in [0.15, 0.2) is 5.65 Å². The Balaban J connectivity index is 2.12. The fraction of sp³-hybridized carbons (Fsp3) is 0.0556. The van der Waals surface area contributed by atoms with Gasteiger partial charge in [-0.2, -0.15) is 0 Å². The molecular formula is C18H16N2O2S. The fourth-order valence-corrected chi connectivity index (χ4v) is 3.70. The van der Waals surface area contributed by atoms with E-state index in [1.165, 1.54) is 10.2 Å². The predicted molar refractivity (Wildman–Crippen MR) is 92.6 cm³/mol. The second-order valence-corrected chi connectivity index (χ2v) is 6.91. The van der Waals surface area contributed by atoms with Crippen molar-refractivity contribution >= 4 is 26.6 Å². The molecule has 4 nitrogen and oxygen atoms in total. The van der Waals surface area contributed by atoms with Crippen molar-refractivity contribution in [1.29, 1.82) is 0 Å². The molecule has 0 aliphatic heterocycles. The van der Waals surface area contributed by atoms with Gasteiger partial charge >= 0.3 is 0 Å². The molecule has 23 heavy (non-hydrogen) atoms. The Morgan fingerprint density at radius 3 is 2.65 bits per heavy atom. The third kappa shape index (κ3) is 2.71. The zero-order valence-corrected chi connectivity index (χ0v) is 13.5. The zero-order valence-electron chi connectivity index (χ0n) is 12.7. The van der Waals surface area contributed by atoms with E-state index in [1.807, 2.05) is 25.1 Å². The van der Waals surface area contributed by atoms with Crippen LogP contribution in [0.4, 0.5) is 0 Å². The van der Waals surface area contributed by atoms with Gasteiger partial charge in [0.25, 0.3) is 10.0 Å². The second kappa shape index (κ2) is 5.85. The van der Waals surface area contributed by atoms with Gasteiger partial charge in [0.2, 0.25) is 0 Å². The lowest BCUT2D eigenvalue weighted by atomic mass is 10.1. The number of benzene rings is 1. The van der Waals surface area contributed by atoms with Crippen molar-refractivity contribution in [2.24, 2.45) is 0 Å². The van der Waals surface area contributed by atoms with E-state index in [1.54, 1.807) is 42.6 Å². The largest absolute Gasteiger partial charge is 0.269 e. The first-order valence-corrected chi connectivity index (χ1v) is 8.58. The molecule has 116 valence electrons. The van der Waals surface area contributed by atoms with Crippen LogP contribution in [0, 0.1) is 0 Å².